The number of aromatic nitrogens is 1. The van der Waals surface area contributed by atoms with E-state index in [1.54, 1.807) is 6.20 Å². The van der Waals surface area contributed by atoms with Gasteiger partial charge in [-0.15, -0.1) is 0 Å². The Kier molecular flexibility index (Phi) is 5.31. The number of nitrogens with one attached hydrogen (secondary N) is 1. The lowest BCUT2D eigenvalue weighted by molar-refractivity contribution is -0.124. The topological polar surface area (TPSA) is 80.5 Å². The molecule has 6 nitrogen and oxygen atoms in total. The zero-order valence-corrected chi connectivity index (χ0v) is 11.8. The first kappa shape index (κ1) is 14.7. The Balaban J connectivity index is 2.15. The Morgan fingerprint density at radius 1 is 1.65 bits per heavy atom. The van der Waals surface area contributed by atoms with Crippen LogP contribution in [0.25, 0.3) is 0 Å². The smallest absolute Gasteiger partial charge is 0.245 e. The molecule has 2 rings (SSSR count). The minimum Gasteiger partial charge on any atom is -0.377 e. The van der Waals surface area contributed by atoms with E-state index < -0.39 is 0 Å². The van der Waals surface area contributed by atoms with Crippen molar-refractivity contribution in [3.8, 4) is 0 Å². The van der Waals surface area contributed by atoms with E-state index in [2.05, 4.69) is 10.3 Å². The van der Waals surface area contributed by atoms with Gasteiger partial charge in [0.2, 0.25) is 5.91 Å². The number of carbonyl (C=O) groups excluding carboxylic acids is 1. The third kappa shape index (κ3) is 3.46. The van der Waals surface area contributed by atoms with Crippen LogP contribution in [0, 0.1) is 0 Å². The summed E-state index contributed by atoms with van der Waals surface area (Å²) in [4.78, 5) is 18.6. The van der Waals surface area contributed by atoms with E-state index in [4.69, 9.17) is 10.5 Å². The molecule has 1 amide bonds. The Morgan fingerprint density at radius 2 is 2.50 bits per heavy atom. The number of hydrogen-bond acceptors (Lipinski definition) is 5. The number of ether oxygens (including phenoxy) is 1. The van der Waals surface area contributed by atoms with Gasteiger partial charge in [0.05, 0.1) is 13.2 Å². The summed E-state index contributed by atoms with van der Waals surface area (Å²) in [5.74, 6) is 0.777. The molecule has 0 aliphatic carbocycles. The maximum atomic E-state index is 12.2. The summed E-state index contributed by atoms with van der Waals surface area (Å²) in [6, 6.07) is 3.50. The minimum absolute atomic E-state index is 0.00787. The number of hydrogen-bond donors (Lipinski definition) is 2. The molecule has 1 aromatic heterocycles. The number of rotatable bonds is 5. The molecule has 0 aromatic carbocycles. The van der Waals surface area contributed by atoms with Gasteiger partial charge in [0, 0.05) is 25.8 Å². The number of anilines is 1. The van der Waals surface area contributed by atoms with Crippen LogP contribution in [0.15, 0.2) is 18.3 Å². The maximum absolute atomic E-state index is 12.2. The second-order valence-electron chi connectivity index (χ2n) is 4.80. The third-order valence-electron chi connectivity index (χ3n) is 3.32. The van der Waals surface area contributed by atoms with Gasteiger partial charge in [-0.25, -0.2) is 4.98 Å². The van der Waals surface area contributed by atoms with E-state index >= 15 is 0 Å². The van der Waals surface area contributed by atoms with Gasteiger partial charge in [0.1, 0.15) is 11.9 Å². The van der Waals surface area contributed by atoms with Gasteiger partial charge in [-0.05, 0) is 24.1 Å². The summed E-state index contributed by atoms with van der Waals surface area (Å²) < 4.78 is 5.44. The zero-order valence-electron chi connectivity index (χ0n) is 11.8. The molecule has 1 aromatic rings. The molecule has 20 heavy (non-hydrogen) atoms. The van der Waals surface area contributed by atoms with E-state index in [-0.39, 0.29) is 11.9 Å². The van der Waals surface area contributed by atoms with Crippen LogP contribution in [0.4, 0.5) is 5.82 Å². The van der Waals surface area contributed by atoms with Gasteiger partial charge in [-0.2, -0.15) is 0 Å². The van der Waals surface area contributed by atoms with Crippen LogP contribution in [-0.4, -0.2) is 43.2 Å². The fourth-order valence-electron chi connectivity index (χ4n) is 2.21. The van der Waals surface area contributed by atoms with Crippen molar-refractivity contribution >= 4 is 11.7 Å². The molecule has 6 heteroatoms. The van der Waals surface area contributed by atoms with Crippen molar-refractivity contribution in [2.24, 2.45) is 5.73 Å². The molecule has 1 aliphatic heterocycles. The standard InChI is InChI=1S/C14H22N4O2/c1-2-4-17-14(19)12-10-20-7-6-18(12)13-8-11(9-15)3-5-16-13/h3,5,8,12H,2,4,6-7,9-10,15H2,1H3,(H,17,19). The van der Waals surface area contributed by atoms with Crippen molar-refractivity contribution < 1.29 is 9.53 Å². The van der Waals surface area contributed by atoms with Crippen molar-refractivity contribution in [3.05, 3.63) is 23.9 Å². The SMILES string of the molecule is CCCNC(=O)C1COCCN1c1cc(CN)ccn1. The van der Waals surface area contributed by atoms with Crippen LogP contribution in [-0.2, 0) is 16.1 Å². The number of nitrogens with zero attached hydrogens (tertiary/aromatic N) is 2. The fourth-order valence-corrected chi connectivity index (χ4v) is 2.21. The second kappa shape index (κ2) is 7.21. The summed E-state index contributed by atoms with van der Waals surface area (Å²) in [7, 11) is 0. The van der Waals surface area contributed by atoms with Crippen LogP contribution in [0.3, 0.4) is 0 Å². The number of amides is 1. The molecular formula is C14H22N4O2. The first-order chi connectivity index (χ1) is 9.76. The molecule has 0 saturated carbocycles. The molecule has 110 valence electrons. The van der Waals surface area contributed by atoms with Crippen molar-refractivity contribution in [2.75, 3.05) is 31.2 Å². The maximum Gasteiger partial charge on any atom is 0.245 e. The van der Waals surface area contributed by atoms with Crippen molar-refractivity contribution in [3.63, 3.8) is 0 Å². The lowest BCUT2D eigenvalue weighted by Gasteiger charge is -2.35. The van der Waals surface area contributed by atoms with Gasteiger partial charge >= 0.3 is 0 Å². The van der Waals surface area contributed by atoms with Gasteiger partial charge in [-0.3, -0.25) is 4.79 Å². The molecule has 1 atom stereocenters. The molecule has 0 spiro atoms. The molecule has 2 heterocycles. The van der Waals surface area contributed by atoms with E-state index in [0.29, 0.717) is 32.8 Å². The van der Waals surface area contributed by atoms with Gasteiger partial charge < -0.3 is 20.7 Å². The predicted octanol–water partition coefficient (Wildman–Crippen LogP) is 0.272. The highest BCUT2D eigenvalue weighted by Gasteiger charge is 2.30. The lowest BCUT2D eigenvalue weighted by atomic mass is 10.2. The monoisotopic (exact) mass is 278 g/mol. The second-order valence-corrected chi connectivity index (χ2v) is 4.80. The van der Waals surface area contributed by atoms with Crippen molar-refractivity contribution in [2.45, 2.75) is 25.9 Å². The van der Waals surface area contributed by atoms with Crippen LogP contribution >= 0.6 is 0 Å². The average molecular weight is 278 g/mol. The van der Waals surface area contributed by atoms with Crippen molar-refractivity contribution in [1.82, 2.24) is 10.3 Å². The van der Waals surface area contributed by atoms with Gasteiger partial charge in [-0.1, -0.05) is 6.92 Å². The van der Waals surface area contributed by atoms with Gasteiger partial charge in [0.25, 0.3) is 0 Å². The zero-order chi connectivity index (χ0) is 14.4. The quantitative estimate of drug-likeness (QED) is 0.808. The lowest BCUT2D eigenvalue weighted by Crippen LogP contribution is -2.54. The van der Waals surface area contributed by atoms with E-state index in [9.17, 15) is 4.79 Å². The Morgan fingerprint density at radius 3 is 3.25 bits per heavy atom. The molecule has 1 unspecified atom stereocenters. The van der Waals surface area contributed by atoms with Crippen LogP contribution in [0.2, 0.25) is 0 Å². The van der Waals surface area contributed by atoms with Crippen LogP contribution in [0.5, 0.6) is 0 Å². The summed E-state index contributed by atoms with van der Waals surface area (Å²) in [5.41, 5.74) is 6.67. The largest absolute Gasteiger partial charge is 0.377 e. The Bertz CT molecular complexity index is 453. The number of carbonyl (C=O) groups is 1. The summed E-state index contributed by atoms with van der Waals surface area (Å²) in [6.45, 7) is 4.83. The average Bonchev–Trinajstić information content (AvgIpc) is 2.52. The number of nitrogens with two attached hydrogens (primary N) is 1. The van der Waals surface area contributed by atoms with E-state index in [1.807, 2.05) is 24.0 Å². The highest BCUT2D eigenvalue weighted by molar-refractivity contribution is 5.85. The first-order valence-corrected chi connectivity index (χ1v) is 7.03. The van der Waals surface area contributed by atoms with Crippen LogP contribution in [0.1, 0.15) is 18.9 Å². The Hall–Kier alpha value is -1.66. The molecule has 0 radical (unpaired) electrons. The fraction of sp³-hybridized carbons (Fsp3) is 0.571. The highest BCUT2D eigenvalue weighted by Crippen LogP contribution is 2.18. The predicted molar refractivity (Wildman–Crippen MR) is 77.4 cm³/mol. The number of morpholine rings is 1. The first-order valence-electron chi connectivity index (χ1n) is 7.03. The van der Waals surface area contributed by atoms with Gasteiger partial charge in [0.15, 0.2) is 0 Å². The van der Waals surface area contributed by atoms with E-state index in [0.717, 1.165) is 17.8 Å². The minimum atomic E-state index is -0.323. The molecule has 0 bridgehead atoms. The van der Waals surface area contributed by atoms with Crippen molar-refractivity contribution in [1.29, 1.82) is 0 Å². The summed E-state index contributed by atoms with van der Waals surface area (Å²) >= 11 is 0. The Labute approximate surface area is 119 Å². The summed E-state index contributed by atoms with van der Waals surface area (Å²) in [5, 5.41) is 2.92. The molecular weight excluding hydrogens is 256 g/mol. The van der Waals surface area contributed by atoms with Crippen LogP contribution < -0.4 is 16.0 Å². The molecule has 1 saturated heterocycles. The third-order valence-corrected chi connectivity index (χ3v) is 3.32. The molecule has 1 fully saturated rings. The number of pyridine rings is 1. The van der Waals surface area contributed by atoms with E-state index in [1.165, 1.54) is 0 Å². The normalized spacial score (nSPS) is 18.9. The molecule has 1 aliphatic rings. The highest BCUT2D eigenvalue weighted by atomic mass is 16.5. The molecule has 3 N–H and O–H groups in total. The summed E-state index contributed by atoms with van der Waals surface area (Å²) in [6.07, 6.45) is 2.65.